The summed E-state index contributed by atoms with van der Waals surface area (Å²) >= 11 is 0. The Morgan fingerprint density at radius 2 is 2.04 bits per heavy atom. The summed E-state index contributed by atoms with van der Waals surface area (Å²) in [6, 6.07) is 1.81. The van der Waals surface area contributed by atoms with E-state index in [1.807, 2.05) is 32.0 Å². The zero-order valence-corrected chi connectivity index (χ0v) is 15.8. The number of piperidine rings is 1. The second kappa shape index (κ2) is 7.73. The summed E-state index contributed by atoms with van der Waals surface area (Å²) in [7, 11) is 3.72. The number of aliphatic carboxylic acids is 1. The minimum absolute atomic E-state index is 0.0511. The van der Waals surface area contributed by atoms with Crippen molar-refractivity contribution in [2.75, 3.05) is 32.1 Å². The first-order chi connectivity index (χ1) is 12.8. The number of aromatic amines is 1. The number of carbonyl (C=O) groups excluding carboxylic acids is 1. The molecular formula is C18H24N6O3. The maximum absolute atomic E-state index is 12.8. The maximum Gasteiger partial charge on any atom is 0.309 e. The first-order valence-corrected chi connectivity index (χ1v) is 8.91. The Hall–Kier alpha value is -2.97. The molecule has 144 valence electrons. The summed E-state index contributed by atoms with van der Waals surface area (Å²) in [5, 5.41) is 15.9. The van der Waals surface area contributed by atoms with Gasteiger partial charge in [0.05, 0.1) is 23.4 Å². The molecule has 0 unspecified atom stereocenters. The van der Waals surface area contributed by atoms with E-state index < -0.39 is 5.97 Å². The van der Waals surface area contributed by atoms with Crippen molar-refractivity contribution in [2.24, 2.45) is 0 Å². The lowest BCUT2D eigenvalue weighted by Crippen LogP contribution is -2.38. The Morgan fingerprint density at radius 1 is 1.33 bits per heavy atom. The number of hydrogen-bond donors (Lipinski definition) is 2. The molecule has 9 nitrogen and oxygen atoms in total. The molecule has 1 amide bonds. The molecule has 1 fully saturated rings. The largest absolute Gasteiger partial charge is 0.481 e. The van der Waals surface area contributed by atoms with Crippen molar-refractivity contribution in [2.45, 2.75) is 32.1 Å². The van der Waals surface area contributed by atoms with Gasteiger partial charge in [0.25, 0.3) is 5.91 Å². The van der Waals surface area contributed by atoms with Crippen LogP contribution >= 0.6 is 0 Å². The summed E-state index contributed by atoms with van der Waals surface area (Å²) in [5.41, 5.74) is 2.67. The van der Waals surface area contributed by atoms with Gasteiger partial charge in [-0.3, -0.25) is 14.7 Å². The third kappa shape index (κ3) is 4.24. The molecule has 0 spiro atoms. The van der Waals surface area contributed by atoms with Crippen LogP contribution in [0.5, 0.6) is 0 Å². The molecule has 3 rings (SSSR count). The fourth-order valence-corrected chi connectivity index (χ4v) is 3.27. The van der Waals surface area contributed by atoms with Crippen LogP contribution in [0.25, 0.3) is 0 Å². The number of anilines is 1. The van der Waals surface area contributed by atoms with Crippen molar-refractivity contribution in [1.29, 1.82) is 0 Å². The number of rotatable bonds is 5. The molecular weight excluding hydrogens is 348 g/mol. The van der Waals surface area contributed by atoms with Gasteiger partial charge >= 0.3 is 5.97 Å². The molecule has 0 saturated carbocycles. The van der Waals surface area contributed by atoms with Crippen LogP contribution in [0.2, 0.25) is 0 Å². The van der Waals surface area contributed by atoms with E-state index in [-0.39, 0.29) is 18.2 Å². The second-order valence-electron chi connectivity index (χ2n) is 7.02. The molecule has 0 aliphatic carbocycles. The summed E-state index contributed by atoms with van der Waals surface area (Å²) < 4.78 is 0. The van der Waals surface area contributed by atoms with Crippen molar-refractivity contribution in [3.8, 4) is 0 Å². The molecule has 1 aliphatic heterocycles. The predicted molar refractivity (Wildman–Crippen MR) is 98.9 cm³/mol. The topological polar surface area (TPSA) is 115 Å². The molecule has 9 heteroatoms. The van der Waals surface area contributed by atoms with E-state index in [4.69, 9.17) is 5.11 Å². The van der Waals surface area contributed by atoms with Crippen LogP contribution < -0.4 is 4.90 Å². The Balaban J connectivity index is 1.62. The summed E-state index contributed by atoms with van der Waals surface area (Å²) in [6.07, 6.45) is 3.11. The van der Waals surface area contributed by atoms with Gasteiger partial charge in [-0.1, -0.05) is 0 Å². The number of carbonyl (C=O) groups is 2. The van der Waals surface area contributed by atoms with E-state index in [1.165, 1.54) is 0 Å². The van der Waals surface area contributed by atoms with Crippen molar-refractivity contribution in [3.63, 3.8) is 0 Å². The molecule has 1 saturated heterocycles. The molecule has 2 aromatic rings. The van der Waals surface area contributed by atoms with Crippen LogP contribution in [-0.4, -0.2) is 69.2 Å². The monoisotopic (exact) mass is 372 g/mol. The molecule has 1 aliphatic rings. The highest BCUT2D eigenvalue weighted by Gasteiger charge is 2.27. The van der Waals surface area contributed by atoms with Gasteiger partial charge in [-0.05, 0) is 25.8 Å². The quantitative estimate of drug-likeness (QED) is 0.811. The van der Waals surface area contributed by atoms with Crippen LogP contribution in [0, 0.1) is 6.92 Å². The van der Waals surface area contributed by atoms with E-state index in [1.54, 1.807) is 11.1 Å². The molecule has 0 atom stereocenters. The van der Waals surface area contributed by atoms with Gasteiger partial charge in [0.2, 0.25) is 5.95 Å². The maximum atomic E-state index is 12.8. The van der Waals surface area contributed by atoms with Gasteiger partial charge in [0.15, 0.2) is 0 Å². The van der Waals surface area contributed by atoms with Gasteiger partial charge in [-0.2, -0.15) is 5.10 Å². The third-order valence-corrected chi connectivity index (χ3v) is 4.79. The standard InChI is InChI=1S/C18H24N6O3/c1-11-14(10-19-18(20-11)23(2)3)17(27)24-6-4-12(5-7-24)15-8-13(21-22-15)9-16(25)26/h8,10,12H,4-7,9H2,1-3H3,(H,21,22)(H,25,26). The Kier molecular flexibility index (Phi) is 5.38. The van der Waals surface area contributed by atoms with Crippen LogP contribution in [0.3, 0.4) is 0 Å². The van der Waals surface area contributed by atoms with Crippen molar-refractivity contribution in [1.82, 2.24) is 25.1 Å². The highest BCUT2D eigenvalue weighted by atomic mass is 16.4. The van der Waals surface area contributed by atoms with Crippen LogP contribution in [-0.2, 0) is 11.2 Å². The Bertz CT molecular complexity index is 839. The Labute approximate surface area is 157 Å². The normalized spacial score (nSPS) is 15.0. The fraction of sp³-hybridized carbons (Fsp3) is 0.500. The molecule has 0 aromatic carbocycles. The zero-order valence-electron chi connectivity index (χ0n) is 15.8. The smallest absolute Gasteiger partial charge is 0.309 e. The van der Waals surface area contributed by atoms with E-state index in [0.29, 0.717) is 36.0 Å². The molecule has 0 bridgehead atoms. The Morgan fingerprint density at radius 3 is 2.63 bits per heavy atom. The molecule has 2 aromatic heterocycles. The summed E-state index contributed by atoms with van der Waals surface area (Å²) in [4.78, 5) is 35.9. The van der Waals surface area contributed by atoms with E-state index >= 15 is 0 Å². The molecule has 3 heterocycles. The first-order valence-electron chi connectivity index (χ1n) is 8.91. The average Bonchev–Trinajstić information content (AvgIpc) is 3.09. The number of nitrogens with zero attached hydrogens (tertiary/aromatic N) is 5. The van der Waals surface area contributed by atoms with Gasteiger partial charge in [0.1, 0.15) is 0 Å². The van der Waals surface area contributed by atoms with Crippen molar-refractivity contribution in [3.05, 3.63) is 34.9 Å². The number of hydrogen-bond acceptors (Lipinski definition) is 6. The lowest BCUT2D eigenvalue weighted by atomic mass is 9.93. The third-order valence-electron chi connectivity index (χ3n) is 4.79. The van der Waals surface area contributed by atoms with E-state index in [2.05, 4.69) is 20.2 Å². The lowest BCUT2D eigenvalue weighted by molar-refractivity contribution is -0.136. The number of carboxylic acid groups (broad SMARTS) is 1. The zero-order chi connectivity index (χ0) is 19.6. The van der Waals surface area contributed by atoms with Crippen molar-refractivity contribution < 1.29 is 14.7 Å². The van der Waals surface area contributed by atoms with Crippen LogP contribution in [0.4, 0.5) is 5.95 Å². The second-order valence-corrected chi connectivity index (χ2v) is 7.02. The fourth-order valence-electron chi connectivity index (χ4n) is 3.27. The SMILES string of the molecule is Cc1nc(N(C)C)ncc1C(=O)N1CCC(c2cc(CC(=O)O)[nH]n2)CC1. The van der Waals surface area contributed by atoms with Crippen molar-refractivity contribution >= 4 is 17.8 Å². The molecule has 2 N–H and O–H groups in total. The molecule has 0 radical (unpaired) electrons. The number of aryl methyl sites for hydroxylation is 1. The highest BCUT2D eigenvalue weighted by Crippen LogP contribution is 2.28. The van der Waals surface area contributed by atoms with Gasteiger partial charge < -0.3 is 14.9 Å². The van der Waals surface area contributed by atoms with E-state index in [9.17, 15) is 9.59 Å². The number of amides is 1. The van der Waals surface area contributed by atoms with Gasteiger partial charge in [-0.25, -0.2) is 9.97 Å². The van der Waals surface area contributed by atoms with Crippen LogP contribution in [0.15, 0.2) is 12.3 Å². The summed E-state index contributed by atoms with van der Waals surface area (Å²) in [6.45, 7) is 3.07. The minimum atomic E-state index is -0.886. The number of nitrogens with one attached hydrogen (secondary N) is 1. The lowest BCUT2D eigenvalue weighted by Gasteiger charge is -2.31. The average molecular weight is 372 g/mol. The minimum Gasteiger partial charge on any atom is -0.481 e. The van der Waals surface area contributed by atoms with Gasteiger partial charge in [-0.15, -0.1) is 0 Å². The number of aromatic nitrogens is 4. The number of carboxylic acids is 1. The van der Waals surface area contributed by atoms with Gasteiger partial charge in [0, 0.05) is 45.0 Å². The van der Waals surface area contributed by atoms with Crippen LogP contribution in [0.1, 0.15) is 46.2 Å². The number of H-pyrrole nitrogens is 1. The number of likely N-dealkylation sites (tertiary alicyclic amines) is 1. The highest BCUT2D eigenvalue weighted by molar-refractivity contribution is 5.95. The molecule has 27 heavy (non-hydrogen) atoms. The summed E-state index contributed by atoms with van der Waals surface area (Å²) in [5.74, 6) is -0.131. The van der Waals surface area contributed by atoms with E-state index in [0.717, 1.165) is 18.5 Å². The first kappa shape index (κ1) is 18.8. The predicted octanol–water partition coefficient (Wildman–Crippen LogP) is 1.22.